The number of carbonyl (C=O) groups is 1. The molecule has 2 rings (SSSR count). The van der Waals surface area contributed by atoms with Gasteiger partial charge in [0.2, 0.25) is 5.91 Å². The molecule has 1 saturated heterocycles. The average molecular weight is 305 g/mol. The molecule has 0 N–H and O–H groups in total. The molecule has 0 bridgehead atoms. The average Bonchev–Trinajstić information content (AvgIpc) is 2.76. The Hall–Kier alpha value is -0.960. The van der Waals surface area contributed by atoms with Crippen LogP contribution in [0.1, 0.15) is 57.9 Å². The van der Waals surface area contributed by atoms with E-state index in [1.165, 1.54) is 23.3 Å². The number of hydrogen-bond donors (Lipinski definition) is 0. The first kappa shape index (κ1) is 16.4. The van der Waals surface area contributed by atoms with Crippen LogP contribution in [0.5, 0.6) is 0 Å². The van der Waals surface area contributed by atoms with Gasteiger partial charge in [-0.3, -0.25) is 4.79 Å². The summed E-state index contributed by atoms with van der Waals surface area (Å²) in [6, 6.07) is 8.64. The van der Waals surface area contributed by atoms with Gasteiger partial charge >= 0.3 is 0 Å². The number of amides is 1. The van der Waals surface area contributed by atoms with Gasteiger partial charge in [-0.2, -0.15) is 0 Å². The van der Waals surface area contributed by atoms with Crippen molar-refractivity contribution in [3.05, 3.63) is 29.8 Å². The molecule has 21 heavy (non-hydrogen) atoms. The lowest BCUT2D eigenvalue weighted by atomic mass is 10.0. The molecule has 0 radical (unpaired) electrons. The molecule has 1 unspecified atom stereocenters. The molecule has 1 heterocycles. The quantitative estimate of drug-likeness (QED) is 0.752. The van der Waals surface area contributed by atoms with Crippen LogP contribution >= 0.6 is 11.8 Å². The van der Waals surface area contributed by atoms with E-state index in [4.69, 9.17) is 0 Å². The summed E-state index contributed by atoms with van der Waals surface area (Å²) in [6.07, 6.45) is 4.85. The molecular weight excluding hydrogens is 278 g/mol. The van der Waals surface area contributed by atoms with Crippen molar-refractivity contribution in [2.45, 2.75) is 62.5 Å². The fourth-order valence-electron chi connectivity index (χ4n) is 2.73. The minimum atomic E-state index is 0.00741. The molecule has 1 atom stereocenters. The second-order valence-corrected chi connectivity index (χ2v) is 7.64. The van der Waals surface area contributed by atoms with Crippen molar-refractivity contribution in [1.29, 1.82) is 0 Å². The monoisotopic (exact) mass is 305 g/mol. The number of nitrogens with zero attached hydrogens (tertiary/aromatic N) is 1. The lowest BCUT2D eigenvalue weighted by Crippen LogP contribution is -2.37. The molecule has 116 valence electrons. The van der Waals surface area contributed by atoms with Gasteiger partial charge in [0.1, 0.15) is 0 Å². The lowest BCUT2D eigenvalue weighted by molar-refractivity contribution is -0.130. The number of likely N-dealkylation sites (tertiary alicyclic amines) is 1. The zero-order valence-corrected chi connectivity index (χ0v) is 14.3. The molecular formula is C18H27NOS. The van der Waals surface area contributed by atoms with E-state index in [0.29, 0.717) is 11.8 Å². The van der Waals surface area contributed by atoms with Gasteiger partial charge in [-0.15, -0.1) is 11.8 Å². The predicted molar refractivity (Wildman–Crippen MR) is 90.9 cm³/mol. The summed E-state index contributed by atoms with van der Waals surface area (Å²) in [5, 5.41) is 0.00741. The molecule has 2 nitrogen and oxygen atoms in total. The van der Waals surface area contributed by atoms with Crippen molar-refractivity contribution >= 4 is 17.7 Å². The summed E-state index contributed by atoms with van der Waals surface area (Å²) in [5.74, 6) is 0.857. The highest BCUT2D eigenvalue weighted by Crippen LogP contribution is 2.27. The lowest BCUT2D eigenvalue weighted by Gasteiger charge is -2.23. The van der Waals surface area contributed by atoms with E-state index in [9.17, 15) is 4.79 Å². The first-order valence-corrected chi connectivity index (χ1v) is 9.01. The summed E-state index contributed by atoms with van der Waals surface area (Å²) in [4.78, 5) is 15.8. The van der Waals surface area contributed by atoms with E-state index in [-0.39, 0.29) is 5.25 Å². The van der Waals surface area contributed by atoms with Crippen LogP contribution < -0.4 is 0 Å². The molecule has 1 aromatic rings. The van der Waals surface area contributed by atoms with Crippen LogP contribution in [0.2, 0.25) is 0 Å². The van der Waals surface area contributed by atoms with Gasteiger partial charge in [-0.25, -0.2) is 0 Å². The topological polar surface area (TPSA) is 20.3 Å². The van der Waals surface area contributed by atoms with Crippen LogP contribution in [0, 0.1) is 0 Å². The third-order valence-electron chi connectivity index (χ3n) is 4.13. The van der Waals surface area contributed by atoms with Crippen molar-refractivity contribution in [3.63, 3.8) is 0 Å². The number of thioether (sulfide) groups is 1. The third kappa shape index (κ3) is 4.77. The Morgan fingerprint density at radius 3 is 2.10 bits per heavy atom. The van der Waals surface area contributed by atoms with Gasteiger partial charge in [0.25, 0.3) is 0 Å². The van der Waals surface area contributed by atoms with Crippen molar-refractivity contribution in [2.24, 2.45) is 0 Å². The van der Waals surface area contributed by atoms with Gasteiger partial charge in [0.15, 0.2) is 0 Å². The zero-order chi connectivity index (χ0) is 15.2. The largest absolute Gasteiger partial charge is 0.342 e. The normalized spacial score (nSPS) is 17.6. The smallest absolute Gasteiger partial charge is 0.235 e. The third-order valence-corrected chi connectivity index (χ3v) is 5.22. The van der Waals surface area contributed by atoms with Crippen molar-refractivity contribution in [2.75, 3.05) is 13.1 Å². The summed E-state index contributed by atoms with van der Waals surface area (Å²) in [7, 11) is 0. The Kier molecular flexibility index (Phi) is 6.16. The van der Waals surface area contributed by atoms with Crippen LogP contribution in [0.3, 0.4) is 0 Å². The van der Waals surface area contributed by atoms with Gasteiger partial charge in [-0.05, 0) is 43.4 Å². The highest BCUT2D eigenvalue weighted by molar-refractivity contribution is 8.00. The van der Waals surface area contributed by atoms with E-state index in [0.717, 1.165) is 25.9 Å². The van der Waals surface area contributed by atoms with Crippen LogP contribution in [-0.2, 0) is 4.79 Å². The fourth-order valence-corrected chi connectivity index (χ4v) is 3.69. The number of hydrogen-bond acceptors (Lipinski definition) is 2. The van der Waals surface area contributed by atoms with Crippen molar-refractivity contribution < 1.29 is 4.79 Å². The molecule has 0 aliphatic carbocycles. The van der Waals surface area contributed by atoms with Gasteiger partial charge < -0.3 is 4.90 Å². The minimum Gasteiger partial charge on any atom is -0.342 e. The molecule has 0 saturated carbocycles. The molecule has 1 amide bonds. The molecule has 1 aliphatic rings. The summed E-state index contributed by atoms with van der Waals surface area (Å²) < 4.78 is 0. The molecule has 1 fully saturated rings. The highest BCUT2D eigenvalue weighted by atomic mass is 32.2. The van der Waals surface area contributed by atoms with Gasteiger partial charge in [-0.1, -0.05) is 38.8 Å². The molecule has 0 spiro atoms. The maximum atomic E-state index is 12.5. The van der Waals surface area contributed by atoms with Crippen LogP contribution in [0.4, 0.5) is 0 Å². The number of rotatable bonds is 4. The fraction of sp³-hybridized carbons (Fsp3) is 0.611. The van der Waals surface area contributed by atoms with Crippen LogP contribution in [-0.4, -0.2) is 29.1 Å². The molecule has 1 aromatic carbocycles. The Morgan fingerprint density at radius 1 is 1.00 bits per heavy atom. The van der Waals surface area contributed by atoms with Crippen molar-refractivity contribution in [1.82, 2.24) is 4.90 Å². The van der Waals surface area contributed by atoms with Crippen LogP contribution in [0.15, 0.2) is 29.2 Å². The standard InChI is InChI=1S/C18H27NOS/c1-14(2)16-8-10-17(11-9-16)21-15(3)18(20)19-12-6-4-5-7-13-19/h8-11,14-15H,4-7,12-13H2,1-3H3. The highest BCUT2D eigenvalue weighted by Gasteiger charge is 2.22. The Labute approximate surface area is 133 Å². The summed E-state index contributed by atoms with van der Waals surface area (Å²) in [5.41, 5.74) is 1.35. The second kappa shape index (κ2) is 7.88. The first-order valence-electron chi connectivity index (χ1n) is 8.13. The Balaban J connectivity index is 1.93. The first-order chi connectivity index (χ1) is 10.1. The van der Waals surface area contributed by atoms with Crippen LogP contribution in [0.25, 0.3) is 0 Å². The maximum Gasteiger partial charge on any atom is 0.235 e. The van der Waals surface area contributed by atoms with Crippen molar-refractivity contribution in [3.8, 4) is 0 Å². The number of carbonyl (C=O) groups excluding carboxylic acids is 1. The maximum absolute atomic E-state index is 12.5. The van der Waals surface area contributed by atoms with E-state index in [1.807, 2.05) is 6.92 Å². The minimum absolute atomic E-state index is 0.00741. The molecule has 1 aliphatic heterocycles. The SMILES string of the molecule is CC(Sc1ccc(C(C)C)cc1)C(=O)N1CCCCCC1. The summed E-state index contributed by atoms with van der Waals surface area (Å²) in [6.45, 7) is 8.32. The van der Waals surface area contributed by atoms with E-state index >= 15 is 0 Å². The van der Waals surface area contributed by atoms with E-state index < -0.39 is 0 Å². The second-order valence-electron chi connectivity index (χ2n) is 6.22. The number of benzene rings is 1. The van der Waals surface area contributed by atoms with E-state index in [1.54, 1.807) is 11.8 Å². The van der Waals surface area contributed by atoms with Gasteiger partial charge in [0.05, 0.1) is 5.25 Å². The predicted octanol–water partition coefficient (Wildman–Crippen LogP) is 4.69. The zero-order valence-electron chi connectivity index (χ0n) is 13.5. The Morgan fingerprint density at radius 2 is 1.57 bits per heavy atom. The summed E-state index contributed by atoms with van der Waals surface area (Å²) >= 11 is 1.68. The molecule has 3 heteroatoms. The Bertz CT molecular complexity index is 447. The van der Waals surface area contributed by atoms with E-state index in [2.05, 4.69) is 43.0 Å². The molecule has 0 aromatic heterocycles. The van der Waals surface area contributed by atoms with Gasteiger partial charge in [0, 0.05) is 18.0 Å².